The molecule has 0 atom stereocenters. The Morgan fingerprint density at radius 3 is 1.62 bits per heavy atom. The van der Waals surface area contributed by atoms with Crippen LogP contribution in [0.15, 0.2) is 198 Å². The van der Waals surface area contributed by atoms with Crippen LogP contribution in [0.1, 0.15) is 11.0 Å². The maximum Gasteiger partial charge on any atom is 0.166 e. The van der Waals surface area contributed by atoms with Gasteiger partial charge in [0.2, 0.25) is 0 Å². The van der Waals surface area contributed by atoms with E-state index in [4.69, 9.17) is 27.6 Å². The lowest BCUT2D eigenvalue weighted by Crippen LogP contribution is -2.04. The molecule has 0 N–H and O–H groups in total. The normalized spacial score (nSPS) is 13.6. The highest BCUT2D eigenvalue weighted by Crippen LogP contribution is 2.43. The van der Waals surface area contributed by atoms with Crippen LogP contribution in [0, 0.1) is 0 Å². The van der Waals surface area contributed by atoms with Crippen LogP contribution in [0.3, 0.4) is 0 Å². The second-order valence-electron chi connectivity index (χ2n) is 13.4. The Hall–Kier alpha value is -7.63. The summed E-state index contributed by atoms with van der Waals surface area (Å²) in [5, 5.41) is 1.81. The number of hydrogen-bond acceptors (Lipinski definition) is 4. The standard InChI is InChI=1S/C51H32N4O/c1-4-16-33(17-5-1)37-24-15-29-46-47(37)41-26-14-25-38(48(41)56-46)36-30-31-45(55-43-27-12-10-22-39(43)40-23-11-13-28-44(40)55)42(32-36)51-53-49(34-18-6-2-7-19-34)52-50(54-51)35-20-8-3-9-21-35/h1-32H/i10D,11D,12D,13D,22D,23D,27D,28D. The van der Waals surface area contributed by atoms with E-state index in [1.807, 2.05) is 121 Å². The highest BCUT2D eigenvalue weighted by atomic mass is 16.3. The predicted molar refractivity (Wildman–Crippen MR) is 229 cm³/mol. The first-order chi connectivity index (χ1) is 31.1. The number of benzene rings is 8. The molecule has 3 aromatic heterocycles. The summed E-state index contributed by atoms with van der Waals surface area (Å²) in [6, 6.07) is 42.9. The van der Waals surface area contributed by atoms with Crippen molar-refractivity contribution in [1.29, 1.82) is 0 Å². The Bertz CT molecular complexity index is 3570. The van der Waals surface area contributed by atoms with Gasteiger partial charge in [-0.2, -0.15) is 0 Å². The summed E-state index contributed by atoms with van der Waals surface area (Å²) in [6.07, 6.45) is 0. The minimum atomic E-state index is -0.522. The van der Waals surface area contributed by atoms with Crippen molar-refractivity contribution in [3.63, 3.8) is 0 Å². The first kappa shape index (κ1) is 24.6. The van der Waals surface area contributed by atoms with Gasteiger partial charge in [0, 0.05) is 43.8 Å². The molecule has 11 rings (SSSR count). The molecule has 0 aliphatic rings. The third-order valence-corrected chi connectivity index (χ3v) is 10.1. The molecule has 0 aliphatic heterocycles. The van der Waals surface area contributed by atoms with Gasteiger partial charge in [-0.05, 0) is 47.0 Å². The lowest BCUT2D eigenvalue weighted by atomic mass is 9.96. The third kappa shape index (κ3) is 5.21. The summed E-state index contributed by atoms with van der Waals surface area (Å²) < 4.78 is 79.7. The lowest BCUT2D eigenvalue weighted by molar-refractivity contribution is 0.670. The SMILES string of the molecule is [2H]c1c([2H])c([2H])c2c(c1[2H])c1c([2H])c([2H])c([2H])c([2H])c1n2-c1ccc(-c2cccc3c2oc2cccc(-c4ccccc4)c23)cc1-c1nc(-c2ccccc2)nc(-c2ccccc2)n1. The van der Waals surface area contributed by atoms with Gasteiger partial charge in [0.25, 0.3) is 0 Å². The quantitative estimate of drug-likeness (QED) is 0.171. The molecular formula is C51H32N4O. The van der Waals surface area contributed by atoms with Gasteiger partial charge in [-0.15, -0.1) is 0 Å². The zero-order chi connectivity index (χ0) is 44.0. The number of furan rings is 1. The molecule has 262 valence electrons. The summed E-state index contributed by atoms with van der Waals surface area (Å²) in [5.41, 5.74) is 7.01. The molecule has 5 heteroatoms. The van der Waals surface area contributed by atoms with E-state index in [2.05, 4.69) is 18.2 Å². The molecule has 0 fully saturated rings. The number of rotatable bonds is 6. The molecule has 56 heavy (non-hydrogen) atoms. The fraction of sp³-hybridized carbons (Fsp3) is 0. The average Bonchev–Trinajstić information content (AvgIpc) is 3.92. The van der Waals surface area contributed by atoms with Crippen LogP contribution in [0.4, 0.5) is 0 Å². The minimum Gasteiger partial charge on any atom is -0.455 e. The van der Waals surface area contributed by atoms with Crippen LogP contribution in [0.25, 0.3) is 106 Å². The van der Waals surface area contributed by atoms with E-state index in [0.29, 0.717) is 39.6 Å². The molecule has 11 aromatic rings. The second kappa shape index (κ2) is 13.0. The van der Waals surface area contributed by atoms with Crippen molar-refractivity contribution in [3.8, 4) is 62.1 Å². The van der Waals surface area contributed by atoms with Crippen LogP contribution < -0.4 is 0 Å². The van der Waals surface area contributed by atoms with Crippen molar-refractivity contribution in [2.75, 3.05) is 0 Å². The molecular weight excluding hydrogens is 685 g/mol. The molecule has 5 nitrogen and oxygen atoms in total. The number of hydrogen-bond donors (Lipinski definition) is 0. The number of aromatic nitrogens is 4. The topological polar surface area (TPSA) is 56.7 Å². The fourth-order valence-electron chi connectivity index (χ4n) is 7.60. The molecule has 0 bridgehead atoms. The van der Waals surface area contributed by atoms with Gasteiger partial charge in [-0.3, -0.25) is 0 Å². The van der Waals surface area contributed by atoms with Gasteiger partial charge >= 0.3 is 0 Å². The van der Waals surface area contributed by atoms with E-state index < -0.39 is 48.3 Å². The molecule has 0 saturated carbocycles. The largest absolute Gasteiger partial charge is 0.455 e. The first-order valence-electron chi connectivity index (χ1n) is 22.1. The van der Waals surface area contributed by atoms with E-state index in [9.17, 15) is 2.74 Å². The van der Waals surface area contributed by atoms with E-state index in [1.165, 1.54) is 4.57 Å². The highest BCUT2D eigenvalue weighted by molar-refractivity contribution is 6.15. The maximum absolute atomic E-state index is 9.28. The fourth-order valence-corrected chi connectivity index (χ4v) is 7.60. The number of nitrogens with zero attached hydrogens (tertiary/aromatic N) is 4. The summed E-state index contributed by atoms with van der Waals surface area (Å²) in [6.45, 7) is 0. The van der Waals surface area contributed by atoms with Gasteiger partial charge in [-0.25, -0.2) is 15.0 Å². The Morgan fingerprint density at radius 2 is 0.982 bits per heavy atom. The summed E-state index contributed by atoms with van der Waals surface area (Å²) in [5.74, 6) is 0.962. The van der Waals surface area contributed by atoms with Gasteiger partial charge in [-0.1, -0.05) is 164 Å². The van der Waals surface area contributed by atoms with Crippen molar-refractivity contribution >= 4 is 43.7 Å². The van der Waals surface area contributed by atoms with Crippen molar-refractivity contribution in [2.24, 2.45) is 0 Å². The van der Waals surface area contributed by atoms with Crippen molar-refractivity contribution in [3.05, 3.63) is 194 Å². The molecule has 0 aliphatic carbocycles. The Labute approximate surface area is 334 Å². The average molecular weight is 725 g/mol. The van der Waals surface area contributed by atoms with Crippen LogP contribution in [0.2, 0.25) is 0 Å². The van der Waals surface area contributed by atoms with Crippen LogP contribution in [-0.2, 0) is 0 Å². The van der Waals surface area contributed by atoms with Crippen molar-refractivity contribution in [2.45, 2.75) is 0 Å². The molecule has 0 amide bonds. The predicted octanol–water partition coefficient (Wildman–Crippen LogP) is 13.2. The van der Waals surface area contributed by atoms with Gasteiger partial charge in [0.15, 0.2) is 17.5 Å². The third-order valence-electron chi connectivity index (χ3n) is 10.1. The molecule has 8 aromatic carbocycles. The van der Waals surface area contributed by atoms with E-state index in [-0.39, 0.29) is 27.6 Å². The first-order valence-corrected chi connectivity index (χ1v) is 18.1. The Morgan fingerprint density at radius 1 is 0.429 bits per heavy atom. The van der Waals surface area contributed by atoms with E-state index in [1.54, 1.807) is 6.07 Å². The maximum atomic E-state index is 9.28. The van der Waals surface area contributed by atoms with Crippen LogP contribution in [-0.4, -0.2) is 19.5 Å². The smallest absolute Gasteiger partial charge is 0.166 e. The van der Waals surface area contributed by atoms with Crippen LogP contribution in [0.5, 0.6) is 0 Å². The number of fused-ring (bicyclic) bond motifs is 6. The Kier molecular flexibility index (Phi) is 5.74. The summed E-state index contributed by atoms with van der Waals surface area (Å²) >= 11 is 0. The van der Waals surface area contributed by atoms with Gasteiger partial charge < -0.3 is 8.98 Å². The van der Waals surface area contributed by atoms with Gasteiger partial charge in [0.05, 0.1) is 27.7 Å². The monoisotopic (exact) mass is 724 g/mol. The zero-order valence-electron chi connectivity index (χ0n) is 37.6. The molecule has 0 radical (unpaired) electrons. The molecule has 0 unspecified atom stereocenters. The zero-order valence-corrected chi connectivity index (χ0v) is 29.6. The van der Waals surface area contributed by atoms with Gasteiger partial charge in [0.1, 0.15) is 11.2 Å². The van der Waals surface area contributed by atoms with E-state index in [0.717, 1.165) is 38.6 Å². The molecule has 3 heterocycles. The summed E-state index contributed by atoms with van der Waals surface area (Å²) in [7, 11) is 0. The van der Waals surface area contributed by atoms with Crippen molar-refractivity contribution in [1.82, 2.24) is 19.5 Å². The second-order valence-corrected chi connectivity index (χ2v) is 13.4. The molecule has 0 saturated heterocycles. The van der Waals surface area contributed by atoms with Crippen LogP contribution >= 0.6 is 0 Å². The van der Waals surface area contributed by atoms with E-state index >= 15 is 0 Å². The number of para-hydroxylation sites is 3. The summed E-state index contributed by atoms with van der Waals surface area (Å²) in [4.78, 5) is 15.1. The van der Waals surface area contributed by atoms with Crippen molar-refractivity contribution < 1.29 is 15.4 Å². The Balaban J connectivity index is 1.27. The lowest BCUT2D eigenvalue weighted by Gasteiger charge is -2.16. The highest BCUT2D eigenvalue weighted by Gasteiger charge is 2.22. The minimum absolute atomic E-state index is 0.0181. The molecule has 0 spiro atoms.